The van der Waals surface area contributed by atoms with Crippen LogP contribution in [0.1, 0.15) is 31.5 Å². The van der Waals surface area contributed by atoms with Crippen LogP contribution in [0.15, 0.2) is 91.0 Å². The minimum absolute atomic E-state index is 0. The van der Waals surface area contributed by atoms with Crippen LogP contribution in [-0.2, 0) is 0 Å². The van der Waals surface area contributed by atoms with E-state index in [0.717, 1.165) is 0 Å². The molecule has 3 heterocycles. The number of pyridine rings is 3. The van der Waals surface area contributed by atoms with Gasteiger partial charge in [-0.2, -0.15) is 0 Å². The topological polar surface area (TPSA) is 220 Å². The molecule has 0 unspecified atom stereocenters. The van der Waals surface area contributed by atoms with E-state index >= 15 is 0 Å². The van der Waals surface area contributed by atoms with Gasteiger partial charge in [0, 0.05) is 0 Å². The summed E-state index contributed by atoms with van der Waals surface area (Å²) in [5.74, 6) is -4.16. The molecule has 0 aliphatic heterocycles. The molecule has 3 aromatic heterocycles. The van der Waals surface area contributed by atoms with Crippen LogP contribution in [0.4, 0.5) is 0 Å². The number of hydrogen-bond donors (Lipinski definition) is 3. The van der Waals surface area contributed by atoms with E-state index in [1.54, 1.807) is 54.6 Å². The molecule has 0 fully saturated rings. The number of benzene rings is 3. The number of nitrogens with zero attached hydrogens (tertiary/aromatic N) is 3. The first kappa shape index (κ1) is 32.4. The van der Waals surface area contributed by atoms with Gasteiger partial charge in [-0.15, -0.1) is 0 Å². The molecule has 0 amide bonds. The van der Waals surface area contributed by atoms with Crippen molar-refractivity contribution in [2.24, 2.45) is 0 Å². The quantitative estimate of drug-likeness (QED) is 0.242. The second kappa shape index (κ2) is 14.2. The van der Waals surface area contributed by atoms with Gasteiger partial charge in [-0.25, -0.2) is 29.3 Å². The molecule has 0 bridgehead atoms. The SMILES string of the molecule is O=C(O)c1ccc2cccc([O-])c2n1.O=C(O)c1ccc2cccc([O-])c2n1.O=C(O)c1ccc2cccc([O-])c2n1.[La+3]. The molecule has 0 radical (unpaired) electrons. The number of aromatic carboxylic acids is 3. The normalized spacial score (nSPS) is 10.0. The molecule has 0 aliphatic rings. The first-order chi connectivity index (χ1) is 20.0. The molecule has 43 heavy (non-hydrogen) atoms. The summed E-state index contributed by atoms with van der Waals surface area (Å²) in [7, 11) is 0. The Morgan fingerprint density at radius 3 is 0.930 bits per heavy atom. The molecule has 0 saturated carbocycles. The number of carboxylic acid groups (broad SMARTS) is 3. The molecule has 12 nitrogen and oxygen atoms in total. The summed E-state index contributed by atoms with van der Waals surface area (Å²) in [6, 6.07) is 23.0. The third-order valence-electron chi connectivity index (χ3n) is 5.71. The Balaban J connectivity index is 0.000000175. The van der Waals surface area contributed by atoms with Gasteiger partial charge in [0.15, 0.2) is 0 Å². The summed E-state index contributed by atoms with van der Waals surface area (Å²) < 4.78 is 0. The summed E-state index contributed by atoms with van der Waals surface area (Å²) >= 11 is 0. The van der Waals surface area contributed by atoms with Crippen LogP contribution in [0.5, 0.6) is 17.2 Å². The summed E-state index contributed by atoms with van der Waals surface area (Å²) in [5.41, 5.74) is 0.273. The monoisotopic (exact) mass is 703 g/mol. The first-order valence-corrected chi connectivity index (χ1v) is 12.0. The van der Waals surface area contributed by atoms with Gasteiger partial charge in [-0.3, -0.25) is 0 Å². The zero-order valence-electron chi connectivity index (χ0n) is 21.9. The average Bonchev–Trinajstić information content (AvgIpc) is 2.98. The van der Waals surface area contributed by atoms with Crippen LogP contribution in [0.2, 0.25) is 0 Å². The fourth-order valence-electron chi connectivity index (χ4n) is 3.72. The van der Waals surface area contributed by atoms with Crippen LogP contribution in [0, 0.1) is 35.6 Å². The Kier molecular flexibility index (Phi) is 10.7. The van der Waals surface area contributed by atoms with Crippen LogP contribution < -0.4 is 15.3 Å². The van der Waals surface area contributed by atoms with Crippen molar-refractivity contribution in [3.63, 3.8) is 0 Å². The maximum absolute atomic E-state index is 11.3. The third-order valence-corrected chi connectivity index (χ3v) is 5.71. The van der Waals surface area contributed by atoms with Crippen molar-refractivity contribution in [1.29, 1.82) is 0 Å². The van der Waals surface area contributed by atoms with Gasteiger partial charge in [-0.05, 0) is 34.4 Å². The minimum Gasteiger partial charge on any atom is -0.871 e. The minimum atomic E-state index is -1.13. The van der Waals surface area contributed by atoms with Crippen LogP contribution >= 0.6 is 0 Å². The number of para-hydroxylation sites is 3. The molecule has 0 atom stereocenters. The van der Waals surface area contributed by atoms with Gasteiger partial charge in [-0.1, -0.05) is 90.0 Å². The number of fused-ring (bicyclic) bond motifs is 3. The van der Waals surface area contributed by atoms with E-state index in [9.17, 15) is 29.7 Å². The molecule has 0 spiro atoms. The van der Waals surface area contributed by atoms with E-state index in [-0.39, 0.29) is 86.5 Å². The van der Waals surface area contributed by atoms with E-state index in [1.165, 1.54) is 36.4 Å². The van der Waals surface area contributed by atoms with E-state index in [4.69, 9.17) is 15.3 Å². The number of aromatic nitrogens is 3. The summed E-state index contributed by atoms with van der Waals surface area (Å²) in [5, 5.41) is 61.9. The van der Waals surface area contributed by atoms with Gasteiger partial charge >= 0.3 is 53.5 Å². The smallest absolute Gasteiger partial charge is 0.871 e. The molecule has 3 N–H and O–H groups in total. The Morgan fingerprint density at radius 2 is 0.698 bits per heavy atom. The van der Waals surface area contributed by atoms with Gasteiger partial charge in [0.25, 0.3) is 0 Å². The van der Waals surface area contributed by atoms with Crippen molar-refractivity contribution >= 4 is 50.6 Å². The molecule has 6 aromatic rings. The van der Waals surface area contributed by atoms with E-state index < -0.39 is 17.9 Å². The molecular formula is C30H18LaN3O9. The fraction of sp³-hybridized carbons (Fsp3) is 0. The van der Waals surface area contributed by atoms with E-state index in [2.05, 4.69) is 15.0 Å². The average molecular weight is 703 g/mol. The van der Waals surface area contributed by atoms with Crippen LogP contribution in [0.25, 0.3) is 32.7 Å². The predicted molar refractivity (Wildman–Crippen MR) is 144 cm³/mol. The summed E-state index contributed by atoms with van der Waals surface area (Å²) in [4.78, 5) is 43.1. The maximum Gasteiger partial charge on any atom is 3.00 e. The third kappa shape index (κ3) is 7.80. The zero-order chi connectivity index (χ0) is 30.4. The van der Waals surface area contributed by atoms with Crippen molar-refractivity contribution in [3.8, 4) is 17.2 Å². The standard InChI is InChI=1S/3C10H7NO3.La/c3*12-8-3-1-2-6-4-5-7(10(13)14)11-9(6)8;/h3*1-5,12H,(H,13,14);/q;;;+3/p-3. The second-order valence-electron chi connectivity index (χ2n) is 8.49. The molecule has 13 heteroatoms. The number of rotatable bonds is 3. The van der Waals surface area contributed by atoms with Crippen molar-refractivity contribution in [2.75, 3.05) is 0 Å². The zero-order valence-corrected chi connectivity index (χ0v) is 25.5. The molecule has 210 valence electrons. The van der Waals surface area contributed by atoms with Gasteiger partial charge < -0.3 is 30.6 Å². The Hall–Kier alpha value is -5.11. The Bertz CT molecular complexity index is 1760. The second-order valence-corrected chi connectivity index (χ2v) is 8.49. The number of carbonyl (C=O) groups is 3. The van der Waals surface area contributed by atoms with Gasteiger partial charge in [0.1, 0.15) is 17.1 Å². The number of hydrogen-bond acceptors (Lipinski definition) is 9. The Labute approximate surface area is 270 Å². The van der Waals surface area contributed by atoms with E-state index in [0.29, 0.717) is 16.2 Å². The van der Waals surface area contributed by atoms with Crippen LogP contribution in [0.3, 0.4) is 0 Å². The predicted octanol–water partition coefficient (Wildman–Crippen LogP) is 3.02. The molecular weight excluding hydrogens is 685 g/mol. The molecule has 0 aliphatic carbocycles. The van der Waals surface area contributed by atoms with Gasteiger partial charge in [0.05, 0.1) is 16.6 Å². The van der Waals surface area contributed by atoms with Crippen molar-refractivity contribution in [3.05, 3.63) is 108 Å². The fourth-order valence-corrected chi connectivity index (χ4v) is 3.72. The maximum atomic E-state index is 11.3. The van der Waals surface area contributed by atoms with Crippen molar-refractivity contribution in [1.82, 2.24) is 15.0 Å². The number of carboxylic acids is 3. The van der Waals surface area contributed by atoms with Crippen molar-refractivity contribution < 1.29 is 80.6 Å². The summed E-state index contributed by atoms with van der Waals surface area (Å²) in [6.07, 6.45) is 0. The van der Waals surface area contributed by atoms with Crippen LogP contribution in [-0.4, -0.2) is 48.2 Å². The summed E-state index contributed by atoms with van der Waals surface area (Å²) in [6.45, 7) is 0. The molecule has 3 aromatic carbocycles. The first-order valence-electron chi connectivity index (χ1n) is 12.0. The largest absolute Gasteiger partial charge is 3.00 e. The van der Waals surface area contributed by atoms with Gasteiger partial charge in [0.2, 0.25) is 0 Å². The molecule has 0 saturated heterocycles. The van der Waals surface area contributed by atoms with E-state index in [1.807, 2.05) is 0 Å². The Morgan fingerprint density at radius 1 is 0.442 bits per heavy atom. The molecule has 6 rings (SSSR count). The van der Waals surface area contributed by atoms with Crippen molar-refractivity contribution in [2.45, 2.75) is 0 Å².